The van der Waals surface area contributed by atoms with E-state index in [0.717, 1.165) is 23.2 Å². The molecule has 0 saturated heterocycles. The molecule has 0 radical (unpaired) electrons. The van der Waals surface area contributed by atoms with Gasteiger partial charge in [-0.15, -0.1) is 11.3 Å². The zero-order valence-corrected chi connectivity index (χ0v) is 18.6. The first-order valence-corrected chi connectivity index (χ1v) is 11.1. The second-order valence-electron chi connectivity index (χ2n) is 7.52. The number of fused-ring (bicyclic) bond motifs is 3. The minimum Gasteiger partial charge on any atom is -0.497 e. The summed E-state index contributed by atoms with van der Waals surface area (Å²) in [6, 6.07) is 22.9. The van der Waals surface area contributed by atoms with Gasteiger partial charge in [0.05, 0.1) is 25.5 Å². The van der Waals surface area contributed by atoms with Crippen LogP contribution in [0, 0.1) is 11.3 Å². The molecule has 32 heavy (non-hydrogen) atoms. The van der Waals surface area contributed by atoms with Gasteiger partial charge in [-0.3, -0.25) is 0 Å². The van der Waals surface area contributed by atoms with Crippen molar-refractivity contribution in [2.75, 3.05) is 14.2 Å². The lowest BCUT2D eigenvalue weighted by molar-refractivity contribution is 0.394. The molecule has 0 amide bonds. The van der Waals surface area contributed by atoms with E-state index in [1.54, 1.807) is 26.4 Å². The topological polar surface area (TPSA) is 55.1 Å². The van der Waals surface area contributed by atoms with Gasteiger partial charge in [-0.2, -0.15) is 5.26 Å². The lowest BCUT2D eigenvalue weighted by atomic mass is 10.0. The van der Waals surface area contributed by atoms with Crippen LogP contribution in [0.4, 0.5) is 0 Å². The molecule has 3 aromatic carbocycles. The number of ether oxygens (including phenoxy) is 2. The Morgan fingerprint density at radius 2 is 1.84 bits per heavy atom. The summed E-state index contributed by atoms with van der Waals surface area (Å²) in [5.41, 5.74) is 8.54. The molecule has 4 aromatic rings. The second-order valence-corrected chi connectivity index (χ2v) is 8.38. The lowest BCUT2D eigenvalue weighted by Crippen LogP contribution is -1.90. The molecule has 1 aliphatic rings. The maximum absolute atomic E-state index is 9.79. The van der Waals surface area contributed by atoms with Gasteiger partial charge in [0.25, 0.3) is 0 Å². The van der Waals surface area contributed by atoms with Crippen LogP contribution < -0.4 is 9.47 Å². The Balaban J connectivity index is 1.47. The van der Waals surface area contributed by atoms with E-state index in [1.807, 2.05) is 17.5 Å². The van der Waals surface area contributed by atoms with Gasteiger partial charge in [0.15, 0.2) is 0 Å². The number of nitriles is 1. The van der Waals surface area contributed by atoms with Crippen molar-refractivity contribution in [2.24, 2.45) is 0 Å². The molecule has 1 heterocycles. The van der Waals surface area contributed by atoms with E-state index in [0.29, 0.717) is 22.1 Å². The number of hydrogen-bond acceptors (Lipinski definition) is 5. The van der Waals surface area contributed by atoms with Crippen molar-refractivity contribution in [1.82, 2.24) is 4.98 Å². The number of nitrogens with zero attached hydrogens (tertiary/aromatic N) is 2. The largest absolute Gasteiger partial charge is 0.497 e. The van der Waals surface area contributed by atoms with Gasteiger partial charge in [0, 0.05) is 22.6 Å². The Morgan fingerprint density at radius 1 is 1.00 bits per heavy atom. The molecular weight excluding hydrogens is 416 g/mol. The summed E-state index contributed by atoms with van der Waals surface area (Å²) in [6.45, 7) is 0. The van der Waals surface area contributed by atoms with Crippen LogP contribution in [-0.2, 0) is 6.42 Å². The molecule has 0 unspecified atom stereocenters. The monoisotopic (exact) mass is 436 g/mol. The van der Waals surface area contributed by atoms with E-state index in [9.17, 15) is 5.26 Å². The molecular formula is C27H20N2O2S. The number of allylic oxidation sites excluding steroid dienone is 1. The van der Waals surface area contributed by atoms with Crippen LogP contribution in [0.3, 0.4) is 0 Å². The van der Waals surface area contributed by atoms with Gasteiger partial charge in [-0.1, -0.05) is 36.4 Å². The van der Waals surface area contributed by atoms with Crippen LogP contribution in [0.2, 0.25) is 0 Å². The minimum atomic E-state index is 0.498. The van der Waals surface area contributed by atoms with Crippen molar-refractivity contribution >= 4 is 23.0 Å². The van der Waals surface area contributed by atoms with Crippen LogP contribution in [0.1, 0.15) is 21.7 Å². The van der Waals surface area contributed by atoms with Crippen LogP contribution in [-0.4, -0.2) is 19.2 Å². The van der Waals surface area contributed by atoms with E-state index in [4.69, 9.17) is 14.5 Å². The standard InChI is InChI=1S/C27H20N2O2S/c1-30-22-9-7-19(26(14-22)31-2)13-21(15-28)27-29-25(16-32-27)18-8-10-24-20(12-18)11-17-5-3-4-6-23(17)24/h3-10,12-14,16H,11H2,1-2H3. The third-order valence-electron chi connectivity index (χ3n) is 5.68. The van der Waals surface area contributed by atoms with E-state index < -0.39 is 0 Å². The molecule has 0 bridgehead atoms. The first-order valence-electron chi connectivity index (χ1n) is 10.2. The summed E-state index contributed by atoms with van der Waals surface area (Å²) in [4.78, 5) is 4.77. The highest BCUT2D eigenvalue weighted by Crippen LogP contribution is 2.39. The lowest BCUT2D eigenvalue weighted by Gasteiger charge is -2.07. The molecule has 5 rings (SSSR count). The molecule has 0 saturated carbocycles. The first-order chi connectivity index (χ1) is 15.7. The number of thiazole rings is 1. The zero-order chi connectivity index (χ0) is 22.1. The number of rotatable bonds is 5. The van der Waals surface area contributed by atoms with E-state index in [-0.39, 0.29) is 0 Å². The molecule has 156 valence electrons. The Labute approximate surface area is 191 Å². The van der Waals surface area contributed by atoms with Gasteiger partial charge < -0.3 is 9.47 Å². The molecule has 5 heteroatoms. The van der Waals surface area contributed by atoms with Crippen LogP contribution >= 0.6 is 11.3 Å². The van der Waals surface area contributed by atoms with Crippen molar-refractivity contribution in [3.05, 3.63) is 87.7 Å². The Hall–Kier alpha value is -3.88. The summed E-state index contributed by atoms with van der Waals surface area (Å²) in [6.07, 6.45) is 2.75. The van der Waals surface area contributed by atoms with E-state index in [1.165, 1.54) is 33.6 Å². The zero-order valence-electron chi connectivity index (χ0n) is 17.8. The maximum atomic E-state index is 9.79. The summed E-state index contributed by atoms with van der Waals surface area (Å²) < 4.78 is 10.7. The summed E-state index contributed by atoms with van der Waals surface area (Å²) in [7, 11) is 3.21. The van der Waals surface area contributed by atoms with Crippen LogP contribution in [0.15, 0.2) is 66.0 Å². The molecule has 0 fully saturated rings. The van der Waals surface area contributed by atoms with E-state index >= 15 is 0 Å². The van der Waals surface area contributed by atoms with Gasteiger partial charge in [-0.05, 0) is 52.9 Å². The summed E-state index contributed by atoms with van der Waals surface area (Å²) in [5.74, 6) is 1.35. The fraction of sp³-hybridized carbons (Fsp3) is 0.111. The molecule has 0 aliphatic heterocycles. The van der Waals surface area contributed by atoms with Crippen molar-refractivity contribution in [3.8, 4) is 40.0 Å². The fourth-order valence-corrected chi connectivity index (χ4v) is 4.86. The molecule has 1 aliphatic carbocycles. The summed E-state index contributed by atoms with van der Waals surface area (Å²) >= 11 is 1.47. The number of methoxy groups -OCH3 is 2. The average Bonchev–Trinajstić information content (AvgIpc) is 3.47. The third-order valence-corrected chi connectivity index (χ3v) is 6.56. The predicted molar refractivity (Wildman–Crippen MR) is 129 cm³/mol. The van der Waals surface area contributed by atoms with Gasteiger partial charge in [-0.25, -0.2) is 4.98 Å². The van der Waals surface area contributed by atoms with Crippen LogP contribution in [0.5, 0.6) is 11.5 Å². The smallest absolute Gasteiger partial charge is 0.134 e. The maximum Gasteiger partial charge on any atom is 0.134 e. The number of hydrogen-bond donors (Lipinski definition) is 0. The molecule has 1 aromatic heterocycles. The van der Waals surface area contributed by atoms with Crippen LogP contribution in [0.25, 0.3) is 34.0 Å². The van der Waals surface area contributed by atoms with Gasteiger partial charge in [0.2, 0.25) is 0 Å². The Kier molecular flexibility index (Phi) is 5.22. The SMILES string of the molecule is COc1ccc(C=C(C#N)c2nc(-c3ccc4c(c3)Cc3ccccc3-4)cs2)c(OC)c1. The van der Waals surface area contributed by atoms with E-state index in [2.05, 4.69) is 48.5 Å². The number of benzene rings is 3. The molecule has 0 N–H and O–H groups in total. The highest BCUT2D eigenvalue weighted by molar-refractivity contribution is 7.11. The predicted octanol–water partition coefficient (Wildman–Crippen LogP) is 6.46. The summed E-state index contributed by atoms with van der Waals surface area (Å²) in [5, 5.41) is 12.5. The minimum absolute atomic E-state index is 0.498. The van der Waals surface area contributed by atoms with Gasteiger partial charge in [0.1, 0.15) is 22.6 Å². The van der Waals surface area contributed by atoms with Gasteiger partial charge >= 0.3 is 0 Å². The Morgan fingerprint density at radius 3 is 2.66 bits per heavy atom. The number of aromatic nitrogens is 1. The normalized spacial score (nSPS) is 12.1. The molecule has 0 spiro atoms. The quantitative estimate of drug-likeness (QED) is 0.297. The van der Waals surface area contributed by atoms with Crippen molar-refractivity contribution < 1.29 is 9.47 Å². The second kappa shape index (κ2) is 8.33. The average molecular weight is 437 g/mol. The van der Waals surface area contributed by atoms with Crippen molar-refractivity contribution in [2.45, 2.75) is 6.42 Å². The molecule has 4 nitrogen and oxygen atoms in total. The molecule has 0 atom stereocenters. The Bertz CT molecular complexity index is 1400. The third kappa shape index (κ3) is 3.55. The van der Waals surface area contributed by atoms with Crippen molar-refractivity contribution in [3.63, 3.8) is 0 Å². The first kappa shape index (κ1) is 20.0. The van der Waals surface area contributed by atoms with Crippen molar-refractivity contribution in [1.29, 1.82) is 5.26 Å². The highest BCUT2D eigenvalue weighted by atomic mass is 32.1. The highest BCUT2D eigenvalue weighted by Gasteiger charge is 2.19. The fourth-order valence-electron chi connectivity index (χ4n) is 4.07.